The molecular weight excluding hydrogens is 196 g/mol. The highest BCUT2D eigenvalue weighted by Crippen LogP contribution is 2.12. The van der Waals surface area contributed by atoms with Gasteiger partial charge in [-0.2, -0.15) is 0 Å². The Morgan fingerprint density at radius 2 is 2.33 bits per heavy atom. The van der Waals surface area contributed by atoms with Gasteiger partial charge >= 0.3 is 0 Å². The van der Waals surface area contributed by atoms with Crippen molar-refractivity contribution >= 4 is 22.9 Å². The molecule has 2 aromatic rings. The molecule has 0 aromatic carbocycles. The summed E-state index contributed by atoms with van der Waals surface area (Å²) in [7, 11) is 0. The first-order valence-corrected chi connectivity index (χ1v) is 4.50. The maximum Gasteiger partial charge on any atom is 0.238 e. The van der Waals surface area contributed by atoms with E-state index in [1.165, 1.54) is 12.7 Å². The number of H-pyrrole nitrogens is 1. The highest BCUT2D eigenvalue weighted by Gasteiger charge is 2.05. The van der Waals surface area contributed by atoms with Crippen LogP contribution in [0.4, 0.5) is 5.82 Å². The van der Waals surface area contributed by atoms with Gasteiger partial charge in [-0.1, -0.05) is 6.92 Å². The van der Waals surface area contributed by atoms with Gasteiger partial charge in [-0.15, -0.1) is 0 Å². The minimum atomic E-state index is -0.110. The number of hydrazine groups is 1. The summed E-state index contributed by atoms with van der Waals surface area (Å²) in [6.45, 7) is 1.77. The molecule has 2 heterocycles. The summed E-state index contributed by atoms with van der Waals surface area (Å²) in [6.07, 6.45) is 3.31. The lowest BCUT2D eigenvalue weighted by atomic mass is 10.5. The standard InChI is InChI=1S/C8H10N6O/c1-2-5(15)13-14-8-6-7(10-3-9-6)11-4-12-8/h3-4H,2H2,1H3,(H,13,15)(H2,9,10,11,12,14). The number of anilines is 1. The maximum atomic E-state index is 11.0. The third-order valence-corrected chi connectivity index (χ3v) is 1.86. The van der Waals surface area contributed by atoms with E-state index in [4.69, 9.17) is 0 Å². The number of imidazole rings is 1. The van der Waals surface area contributed by atoms with Gasteiger partial charge in [0.05, 0.1) is 6.33 Å². The van der Waals surface area contributed by atoms with E-state index in [0.717, 1.165) is 0 Å². The van der Waals surface area contributed by atoms with E-state index in [-0.39, 0.29) is 5.91 Å². The summed E-state index contributed by atoms with van der Waals surface area (Å²) in [6, 6.07) is 0. The molecule has 0 aliphatic heterocycles. The summed E-state index contributed by atoms with van der Waals surface area (Å²) in [5.41, 5.74) is 6.42. The van der Waals surface area contributed by atoms with E-state index in [0.29, 0.717) is 23.4 Å². The molecule has 0 fully saturated rings. The number of amides is 1. The summed E-state index contributed by atoms with van der Waals surface area (Å²) in [5, 5.41) is 0. The fourth-order valence-corrected chi connectivity index (χ4v) is 1.08. The number of hydrogen-bond acceptors (Lipinski definition) is 5. The Morgan fingerprint density at radius 1 is 1.47 bits per heavy atom. The molecule has 7 nitrogen and oxygen atoms in total. The van der Waals surface area contributed by atoms with E-state index in [1.54, 1.807) is 6.92 Å². The molecule has 15 heavy (non-hydrogen) atoms. The number of hydrogen-bond donors (Lipinski definition) is 3. The third-order valence-electron chi connectivity index (χ3n) is 1.86. The largest absolute Gasteiger partial charge is 0.340 e. The number of nitrogens with one attached hydrogen (secondary N) is 3. The molecule has 2 aromatic heterocycles. The number of carbonyl (C=O) groups is 1. The van der Waals surface area contributed by atoms with Crippen LogP contribution in [0.25, 0.3) is 11.2 Å². The molecule has 3 N–H and O–H groups in total. The van der Waals surface area contributed by atoms with Crippen molar-refractivity contribution in [2.45, 2.75) is 13.3 Å². The number of carbonyl (C=O) groups excluding carboxylic acids is 1. The molecule has 78 valence electrons. The Bertz CT molecular complexity index is 479. The van der Waals surface area contributed by atoms with Crippen molar-refractivity contribution in [1.29, 1.82) is 0 Å². The van der Waals surface area contributed by atoms with Gasteiger partial charge in [-0.3, -0.25) is 15.6 Å². The van der Waals surface area contributed by atoms with Crippen LogP contribution in [0.3, 0.4) is 0 Å². The second-order valence-electron chi connectivity index (χ2n) is 2.85. The molecule has 0 aliphatic carbocycles. The Hall–Kier alpha value is -2.18. The molecule has 0 spiro atoms. The normalized spacial score (nSPS) is 10.2. The van der Waals surface area contributed by atoms with Crippen LogP contribution in [0, 0.1) is 0 Å². The molecule has 0 radical (unpaired) electrons. The fraction of sp³-hybridized carbons (Fsp3) is 0.250. The number of rotatable bonds is 3. The van der Waals surface area contributed by atoms with Crippen molar-refractivity contribution in [3.05, 3.63) is 12.7 Å². The lowest BCUT2D eigenvalue weighted by molar-refractivity contribution is -0.120. The van der Waals surface area contributed by atoms with Crippen LogP contribution in [-0.2, 0) is 4.79 Å². The number of aromatic amines is 1. The second kappa shape index (κ2) is 3.91. The lowest BCUT2D eigenvalue weighted by Gasteiger charge is -2.05. The molecule has 1 amide bonds. The predicted octanol–water partition coefficient (Wildman–Crippen LogP) is 0.206. The monoisotopic (exact) mass is 206 g/mol. The van der Waals surface area contributed by atoms with E-state index in [9.17, 15) is 4.79 Å². The Labute approximate surface area is 85.3 Å². The minimum absolute atomic E-state index is 0.110. The smallest absolute Gasteiger partial charge is 0.238 e. The van der Waals surface area contributed by atoms with Gasteiger partial charge in [-0.25, -0.2) is 15.0 Å². The molecule has 7 heteroatoms. The first-order chi connectivity index (χ1) is 7.31. The van der Waals surface area contributed by atoms with E-state index < -0.39 is 0 Å². The van der Waals surface area contributed by atoms with Crippen molar-refractivity contribution in [2.75, 3.05) is 5.43 Å². The van der Waals surface area contributed by atoms with Crippen LogP contribution in [0.1, 0.15) is 13.3 Å². The van der Waals surface area contributed by atoms with Crippen molar-refractivity contribution in [2.24, 2.45) is 0 Å². The van der Waals surface area contributed by atoms with Gasteiger partial charge in [0.15, 0.2) is 11.5 Å². The zero-order valence-corrected chi connectivity index (χ0v) is 8.11. The Kier molecular flexibility index (Phi) is 2.44. The van der Waals surface area contributed by atoms with Crippen LogP contribution in [0.15, 0.2) is 12.7 Å². The maximum absolute atomic E-state index is 11.0. The van der Waals surface area contributed by atoms with E-state index in [2.05, 4.69) is 30.8 Å². The predicted molar refractivity (Wildman–Crippen MR) is 53.7 cm³/mol. The van der Waals surface area contributed by atoms with Gasteiger partial charge in [-0.05, 0) is 0 Å². The molecule has 0 saturated heterocycles. The van der Waals surface area contributed by atoms with Gasteiger partial charge in [0.2, 0.25) is 5.91 Å². The summed E-state index contributed by atoms with van der Waals surface area (Å²) in [5.74, 6) is 0.389. The number of nitrogens with zero attached hydrogens (tertiary/aromatic N) is 3. The van der Waals surface area contributed by atoms with Crippen LogP contribution < -0.4 is 10.9 Å². The topological polar surface area (TPSA) is 95.6 Å². The first-order valence-electron chi connectivity index (χ1n) is 4.50. The van der Waals surface area contributed by atoms with Crippen LogP contribution in [0.5, 0.6) is 0 Å². The molecule has 0 atom stereocenters. The van der Waals surface area contributed by atoms with Gasteiger partial charge in [0.25, 0.3) is 0 Å². The van der Waals surface area contributed by atoms with Crippen LogP contribution in [0.2, 0.25) is 0 Å². The highest BCUT2D eigenvalue weighted by atomic mass is 16.2. The number of fused-ring (bicyclic) bond motifs is 1. The summed E-state index contributed by atoms with van der Waals surface area (Å²) in [4.78, 5) is 25.8. The molecule has 0 saturated carbocycles. The average molecular weight is 206 g/mol. The third kappa shape index (κ3) is 1.85. The fourth-order valence-electron chi connectivity index (χ4n) is 1.08. The van der Waals surface area contributed by atoms with Crippen molar-refractivity contribution in [1.82, 2.24) is 25.4 Å². The number of aromatic nitrogens is 4. The van der Waals surface area contributed by atoms with Gasteiger partial charge in [0.1, 0.15) is 11.8 Å². The van der Waals surface area contributed by atoms with Gasteiger partial charge in [0, 0.05) is 6.42 Å². The lowest BCUT2D eigenvalue weighted by Crippen LogP contribution is -2.29. The van der Waals surface area contributed by atoms with Crippen molar-refractivity contribution in [3.8, 4) is 0 Å². The van der Waals surface area contributed by atoms with Crippen molar-refractivity contribution < 1.29 is 4.79 Å². The molecule has 0 unspecified atom stereocenters. The molecular formula is C8H10N6O. The molecule has 0 aliphatic rings. The molecule has 0 bridgehead atoms. The minimum Gasteiger partial charge on any atom is -0.340 e. The zero-order chi connectivity index (χ0) is 10.7. The van der Waals surface area contributed by atoms with Crippen LogP contribution >= 0.6 is 0 Å². The SMILES string of the molecule is CCC(=O)NNc1ncnc2nc[nH]c12. The van der Waals surface area contributed by atoms with Gasteiger partial charge < -0.3 is 4.98 Å². The average Bonchev–Trinajstić information content (AvgIpc) is 2.74. The Morgan fingerprint density at radius 3 is 3.13 bits per heavy atom. The highest BCUT2D eigenvalue weighted by molar-refractivity contribution is 5.84. The zero-order valence-electron chi connectivity index (χ0n) is 8.11. The van der Waals surface area contributed by atoms with E-state index in [1.807, 2.05) is 0 Å². The summed E-state index contributed by atoms with van der Waals surface area (Å²) < 4.78 is 0. The van der Waals surface area contributed by atoms with Crippen molar-refractivity contribution in [3.63, 3.8) is 0 Å². The molecule has 2 rings (SSSR count). The quantitative estimate of drug-likeness (QED) is 0.624. The van der Waals surface area contributed by atoms with E-state index >= 15 is 0 Å². The summed E-state index contributed by atoms with van der Waals surface area (Å²) >= 11 is 0. The Balaban J connectivity index is 2.20. The first kappa shape index (κ1) is 9.38. The second-order valence-corrected chi connectivity index (χ2v) is 2.85. The van der Waals surface area contributed by atoms with Crippen LogP contribution in [-0.4, -0.2) is 25.8 Å².